The molecule has 2 nitrogen and oxygen atoms in total. The Balaban J connectivity index is 1.11. The molecule has 6 aliphatic carbocycles. The number of nitrogens with zero attached hydrogens (tertiary/aromatic N) is 2. The molecule has 8 aliphatic rings. The highest BCUT2D eigenvalue weighted by molar-refractivity contribution is 7.00. The fourth-order valence-electron chi connectivity index (χ4n) is 15.4. The number of fused-ring (bicyclic) bond motifs is 21. The molecule has 59 heavy (non-hydrogen) atoms. The molecule has 2 heterocycles. The van der Waals surface area contributed by atoms with Gasteiger partial charge in [-0.2, -0.15) is 0 Å². The molecule has 0 aromatic heterocycles. The van der Waals surface area contributed by atoms with Gasteiger partial charge in [0.05, 0.1) is 5.69 Å². The van der Waals surface area contributed by atoms with E-state index in [1.807, 2.05) is 0 Å². The molecule has 7 aromatic carbocycles. The van der Waals surface area contributed by atoms with Gasteiger partial charge in [-0.3, -0.25) is 0 Å². The van der Waals surface area contributed by atoms with Gasteiger partial charge in [0.25, 0.3) is 6.71 Å². The minimum absolute atomic E-state index is 0.0445. The molecule has 0 radical (unpaired) electrons. The molecular weight excluding hydrogens is 711 g/mol. The van der Waals surface area contributed by atoms with Gasteiger partial charge < -0.3 is 9.80 Å². The van der Waals surface area contributed by atoms with E-state index in [2.05, 4.69) is 161 Å². The van der Waals surface area contributed by atoms with E-state index in [0.29, 0.717) is 5.92 Å². The third kappa shape index (κ3) is 3.75. The summed E-state index contributed by atoms with van der Waals surface area (Å²) in [6.45, 7) is 0.102. The summed E-state index contributed by atoms with van der Waals surface area (Å²) in [5, 5.41) is 0. The molecule has 0 N–H and O–H groups in total. The number of rotatable bonds is 2. The Morgan fingerprint density at radius 1 is 0.441 bits per heavy atom. The van der Waals surface area contributed by atoms with Crippen molar-refractivity contribution in [1.82, 2.24) is 0 Å². The van der Waals surface area contributed by atoms with E-state index in [1.165, 1.54) is 124 Å². The first kappa shape index (κ1) is 32.1. The number of benzene rings is 7. The third-order valence-corrected chi connectivity index (χ3v) is 17.3. The monoisotopic (exact) mass is 756 g/mol. The smallest absolute Gasteiger partial charge is 0.252 e. The summed E-state index contributed by atoms with van der Waals surface area (Å²) in [6.07, 6.45) is 10.8. The molecule has 4 fully saturated rings. The maximum atomic E-state index is 2.77. The SMILES string of the molecule is c1ccc(N2c3ccccc3B3c4cc5c(cc4N(c4ccccc4)c4c3c2cc2c4-c3ccccc3[C@]23C[C@@H]2CC[C@H]3C2)-c2ccccc2[C@]52C[C@H]3CC[C@@H]2C3)cc1. The van der Waals surface area contributed by atoms with Crippen LogP contribution in [0.4, 0.5) is 34.1 Å². The van der Waals surface area contributed by atoms with Crippen LogP contribution in [0.2, 0.25) is 0 Å². The van der Waals surface area contributed by atoms with Crippen LogP contribution in [0.3, 0.4) is 0 Å². The van der Waals surface area contributed by atoms with Crippen LogP contribution >= 0.6 is 0 Å². The highest BCUT2D eigenvalue weighted by Gasteiger charge is 2.60. The van der Waals surface area contributed by atoms with Crippen LogP contribution < -0.4 is 26.2 Å². The largest absolute Gasteiger partial charge is 0.311 e. The van der Waals surface area contributed by atoms with E-state index in [-0.39, 0.29) is 17.5 Å². The fraction of sp³-hybridized carbons (Fsp3) is 0.250. The van der Waals surface area contributed by atoms with Gasteiger partial charge in [0, 0.05) is 44.8 Å². The molecule has 6 atom stereocenters. The van der Waals surface area contributed by atoms with Crippen LogP contribution in [0, 0.1) is 23.7 Å². The molecule has 282 valence electrons. The van der Waals surface area contributed by atoms with Crippen molar-refractivity contribution in [2.45, 2.75) is 62.2 Å². The standard InChI is InChI=1S/C56H45BN2/c1-3-13-38(14-4-1)58-49-22-12-11-21-47(49)57-48-30-45-42(40-17-7-9-19-43(40)55(45)32-34-23-25-36(55)27-34)29-50(48)59(39-15-5-2-6-16-39)54-52-41-18-8-10-20-44(41)56(33-35-24-26-37(56)28-35)46(52)31-51(58)53(54)57/h1-22,29-31,34-37H,23-28,32-33H2/t34-,35+,36+,37-,55+,56+/m0/s1. The molecule has 2 spiro atoms. The summed E-state index contributed by atoms with van der Waals surface area (Å²) >= 11 is 0. The van der Waals surface area contributed by atoms with Crippen LogP contribution in [-0.4, -0.2) is 6.71 Å². The first-order chi connectivity index (χ1) is 29.2. The Bertz CT molecular complexity index is 2970. The maximum Gasteiger partial charge on any atom is 0.252 e. The Labute approximate surface area is 347 Å². The average molecular weight is 757 g/mol. The summed E-state index contributed by atoms with van der Waals surface area (Å²) in [5.74, 6) is 3.03. The lowest BCUT2D eigenvalue weighted by Crippen LogP contribution is -2.61. The summed E-state index contributed by atoms with van der Waals surface area (Å²) in [5.41, 5.74) is 24.7. The van der Waals surface area contributed by atoms with Gasteiger partial charge >= 0.3 is 0 Å². The summed E-state index contributed by atoms with van der Waals surface area (Å²) < 4.78 is 0. The highest BCUT2D eigenvalue weighted by atomic mass is 15.2. The molecule has 7 aromatic rings. The first-order valence-electron chi connectivity index (χ1n) is 22.6. The molecule has 15 rings (SSSR count). The van der Waals surface area contributed by atoms with Crippen LogP contribution in [0.15, 0.2) is 152 Å². The molecule has 0 amide bonds. The third-order valence-electron chi connectivity index (χ3n) is 17.3. The second-order valence-electron chi connectivity index (χ2n) is 19.6. The van der Waals surface area contributed by atoms with E-state index < -0.39 is 0 Å². The molecule has 2 aliphatic heterocycles. The predicted molar refractivity (Wildman–Crippen MR) is 244 cm³/mol. The van der Waals surface area contributed by atoms with Crippen LogP contribution in [0.25, 0.3) is 22.3 Å². The van der Waals surface area contributed by atoms with Gasteiger partial charge in [-0.25, -0.2) is 0 Å². The molecular formula is C56H45BN2. The number of para-hydroxylation sites is 3. The van der Waals surface area contributed by atoms with Crippen molar-refractivity contribution in [2.24, 2.45) is 23.7 Å². The molecule has 0 unspecified atom stereocenters. The van der Waals surface area contributed by atoms with Crippen LogP contribution in [0.5, 0.6) is 0 Å². The molecule has 4 saturated carbocycles. The van der Waals surface area contributed by atoms with Gasteiger partial charge in [-0.05, 0) is 160 Å². The van der Waals surface area contributed by atoms with Crippen molar-refractivity contribution in [3.8, 4) is 22.3 Å². The molecule has 4 bridgehead atoms. The van der Waals surface area contributed by atoms with Crippen molar-refractivity contribution in [1.29, 1.82) is 0 Å². The van der Waals surface area contributed by atoms with Crippen molar-refractivity contribution in [3.63, 3.8) is 0 Å². The van der Waals surface area contributed by atoms with E-state index in [0.717, 1.165) is 17.8 Å². The van der Waals surface area contributed by atoms with Crippen molar-refractivity contribution < 1.29 is 0 Å². The van der Waals surface area contributed by atoms with Crippen LogP contribution in [-0.2, 0) is 10.8 Å². The quantitative estimate of drug-likeness (QED) is 0.162. The van der Waals surface area contributed by atoms with E-state index in [9.17, 15) is 0 Å². The zero-order valence-electron chi connectivity index (χ0n) is 33.4. The minimum atomic E-state index is 0.0445. The summed E-state index contributed by atoms with van der Waals surface area (Å²) in [7, 11) is 0. The van der Waals surface area contributed by atoms with E-state index in [1.54, 1.807) is 22.3 Å². The number of hydrogen-bond acceptors (Lipinski definition) is 2. The second-order valence-corrected chi connectivity index (χ2v) is 19.6. The van der Waals surface area contributed by atoms with Crippen molar-refractivity contribution in [2.75, 3.05) is 9.80 Å². The lowest BCUT2D eigenvalue weighted by molar-refractivity contribution is 0.327. The summed E-state index contributed by atoms with van der Waals surface area (Å²) in [4.78, 5) is 5.39. The van der Waals surface area contributed by atoms with Gasteiger partial charge in [0.15, 0.2) is 0 Å². The highest BCUT2D eigenvalue weighted by Crippen LogP contribution is 2.69. The Morgan fingerprint density at radius 3 is 1.71 bits per heavy atom. The second kappa shape index (κ2) is 11.1. The zero-order chi connectivity index (χ0) is 38.2. The van der Waals surface area contributed by atoms with E-state index >= 15 is 0 Å². The minimum Gasteiger partial charge on any atom is -0.311 e. The zero-order valence-corrected chi connectivity index (χ0v) is 33.4. The average Bonchev–Trinajstić information content (AvgIpc) is 4.17. The van der Waals surface area contributed by atoms with Gasteiger partial charge in [-0.15, -0.1) is 0 Å². The van der Waals surface area contributed by atoms with Gasteiger partial charge in [-0.1, -0.05) is 122 Å². The number of anilines is 6. The first-order valence-corrected chi connectivity index (χ1v) is 22.6. The van der Waals surface area contributed by atoms with Gasteiger partial charge in [0.2, 0.25) is 0 Å². The Morgan fingerprint density at radius 2 is 1.03 bits per heavy atom. The lowest BCUT2D eigenvalue weighted by atomic mass is 9.33. The van der Waals surface area contributed by atoms with Crippen molar-refractivity contribution in [3.05, 3.63) is 174 Å². The van der Waals surface area contributed by atoms with E-state index in [4.69, 9.17) is 0 Å². The Kier molecular flexibility index (Phi) is 6.02. The van der Waals surface area contributed by atoms with Crippen molar-refractivity contribution >= 4 is 57.2 Å². The molecule has 0 saturated heterocycles. The lowest BCUT2D eigenvalue weighted by Gasteiger charge is -2.46. The van der Waals surface area contributed by atoms with Gasteiger partial charge in [0.1, 0.15) is 0 Å². The maximum absolute atomic E-state index is 2.77. The predicted octanol–water partition coefficient (Wildman–Crippen LogP) is 11.9. The fourth-order valence-corrected chi connectivity index (χ4v) is 15.4. The number of hydrogen-bond donors (Lipinski definition) is 0. The summed E-state index contributed by atoms with van der Waals surface area (Å²) in [6, 6.07) is 59.5. The normalized spacial score (nSPS) is 27.5. The Hall–Kier alpha value is -5.80. The molecule has 3 heteroatoms. The topological polar surface area (TPSA) is 6.48 Å². The van der Waals surface area contributed by atoms with Crippen LogP contribution in [0.1, 0.15) is 73.6 Å².